The van der Waals surface area contributed by atoms with E-state index in [0.717, 1.165) is 29.9 Å². The van der Waals surface area contributed by atoms with E-state index in [1.165, 1.54) is 48.9 Å². The van der Waals surface area contributed by atoms with Crippen molar-refractivity contribution in [3.63, 3.8) is 0 Å². The number of hydrogen-bond donors (Lipinski definition) is 0. The van der Waals surface area contributed by atoms with E-state index < -0.39 is 51.3 Å². The summed E-state index contributed by atoms with van der Waals surface area (Å²) in [4.78, 5) is 57.8. The van der Waals surface area contributed by atoms with E-state index >= 15 is 0 Å². The number of benzene rings is 2. The Bertz CT molecular complexity index is 2260. The number of rotatable bonds is 12. The van der Waals surface area contributed by atoms with Gasteiger partial charge in [0, 0.05) is 50.8 Å². The number of imide groups is 1. The Balaban J connectivity index is 1.11. The minimum atomic E-state index is -4.94. The highest BCUT2D eigenvalue weighted by molar-refractivity contribution is 7.91. The van der Waals surface area contributed by atoms with Gasteiger partial charge in [0.05, 0.1) is 17.5 Å². The van der Waals surface area contributed by atoms with Crippen LogP contribution in [0.3, 0.4) is 0 Å². The molecule has 4 aromatic rings. The summed E-state index contributed by atoms with van der Waals surface area (Å²) in [6, 6.07) is 7.97. The summed E-state index contributed by atoms with van der Waals surface area (Å²) in [5.74, 6) is -2.33. The molecule has 19 heteroatoms. The third-order valence-corrected chi connectivity index (χ3v) is 12.8. The molecule has 15 nitrogen and oxygen atoms in total. The molecule has 308 valence electrons. The Kier molecular flexibility index (Phi) is 11.6. The van der Waals surface area contributed by atoms with Gasteiger partial charge in [-0.2, -0.15) is 18.2 Å². The number of urea groups is 1. The number of nitrogens with zero attached hydrogens (tertiary/aromatic N) is 7. The fourth-order valence-corrected chi connectivity index (χ4v) is 9.46. The van der Waals surface area contributed by atoms with Gasteiger partial charge in [-0.25, -0.2) is 18.2 Å². The van der Waals surface area contributed by atoms with E-state index in [9.17, 15) is 36.0 Å². The molecule has 3 aliphatic rings. The molecule has 3 fully saturated rings. The monoisotopic (exact) mass is 825 g/mol. The van der Waals surface area contributed by atoms with Crippen LogP contribution in [-0.2, 0) is 32.1 Å². The molecule has 0 N–H and O–H groups in total. The SMILES string of the molecule is CC(C)CS(=O)(=O)c1ccccc1Oc1ccc(-c2noc(CN3C(=O)N(CCC4CCOCC4)C4(CCN(C(=O)c5cnccn5)CC4)C3=O)n2)cc1C(F)(F)F. The molecule has 0 aliphatic carbocycles. The highest BCUT2D eigenvalue weighted by Crippen LogP contribution is 2.42. The van der Waals surface area contributed by atoms with E-state index in [4.69, 9.17) is 14.0 Å². The van der Waals surface area contributed by atoms with Crippen molar-refractivity contribution < 1.29 is 50.0 Å². The molecule has 5 heterocycles. The first kappa shape index (κ1) is 40.8. The molecule has 4 amide bonds. The molecule has 0 atom stereocenters. The maximum Gasteiger partial charge on any atom is 0.420 e. The van der Waals surface area contributed by atoms with E-state index in [0.29, 0.717) is 32.1 Å². The van der Waals surface area contributed by atoms with Gasteiger partial charge in [-0.3, -0.25) is 19.5 Å². The van der Waals surface area contributed by atoms with Gasteiger partial charge in [-0.1, -0.05) is 31.1 Å². The molecule has 0 saturated carbocycles. The zero-order chi connectivity index (χ0) is 41.2. The van der Waals surface area contributed by atoms with Crippen molar-refractivity contribution in [3.8, 4) is 22.9 Å². The number of para-hydroxylation sites is 1. The van der Waals surface area contributed by atoms with Crippen LogP contribution in [0.4, 0.5) is 18.0 Å². The Morgan fingerprint density at radius 1 is 1.03 bits per heavy atom. The molecule has 2 aromatic heterocycles. The highest BCUT2D eigenvalue weighted by atomic mass is 32.2. The molecule has 7 rings (SSSR count). The van der Waals surface area contributed by atoms with Gasteiger partial charge in [0.15, 0.2) is 9.84 Å². The van der Waals surface area contributed by atoms with Crippen molar-refractivity contribution in [1.29, 1.82) is 0 Å². The van der Waals surface area contributed by atoms with Crippen LogP contribution in [0.2, 0.25) is 0 Å². The number of likely N-dealkylation sites (tertiary alicyclic amines) is 1. The summed E-state index contributed by atoms with van der Waals surface area (Å²) in [5, 5.41) is 3.86. The minimum absolute atomic E-state index is 0.107. The van der Waals surface area contributed by atoms with Gasteiger partial charge in [0.2, 0.25) is 11.7 Å². The van der Waals surface area contributed by atoms with Crippen molar-refractivity contribution in [2.24, 2.45) is 11.8 Å². The highest BCUT2D eigenvalue weighted by Gasteiger charge is 2.58. The quantitative estimate of drug-likeness (QED) is 0.152. The molecule has 58 heavy (non-hydrogen) atoms. The number of carbonyl (C=O) groups excluding carboxylic acids is 3. The summed E-state index contributed by atoms with van der Waals surface area (Å²) in [6.07, 6.45) is 1.95. The molecular formula is C39H42F3N7O8S. The van der Waals surface area contributed by atoms with Gasteiger partial charge >= 0.3 is 12.2 Å². The Morgan fingerprint density at radius 3 is 2.47 bits per heavy atom. The second kappa shape index (κ2) is 16.4. The van der Waals surface area contributed by atoms with Gasteiger partial charge in [-0.05, 0) is 74.3 Å². The average molecular weight is 826 g/mol. The predicted molar refractivity (Wildman–Crippen MR) is 199 cm³/mol. The number of carbonyl (C=O) groups is 3. The van der Waals surface area contributed by atoms with Gasteiger partial charge < -0.3 is 23.8 Å². The average Bonchev–Trinajstić information content (AvgIpc) is 3.74. The first-order valence-electron chi connectivity index (χ1n) is 19.0. The van der Waals surface area contributed by atoms with Gasteiger partial charge in [0.25, 0.3) is 11.8 Å². The van der Waals surface area contributed by atoms with Crippen LogP contribution in [0.15, 0.2) is 70.5 Å². The number of hydrogen-bond acceptors (Lipinski definition) is 12. The third-order valence-electron chi connectivity index (χ3n) is 10.6. The standard InChI is InChI=1S/C39H42F3N7O8S/c1-25(2)24-58(53,54)32-6-4-3-5-31(32)56-30-8-7-27(21-28(30)39(40,41)42)34-45-33(57-46-34)23-48-36(51)38(49(37(48)52)16-9-26-10-19-55-20-11-26)12-17-47(18-13-38)35(50)29-22-43-14-15-44-29/h3-8,14-15,21-22,25-26H,9-13,16-20,23-24H2,1-2H3. The molecule has 0 radical (unpaired) electrons. The van der Waals surface area contributed by atoms with E-state index in [1.807, 2.05) is 0 Å². The van der Waals surface area contributed by atoms with Crippen LogP contribution in [0.1, 0.15) is 67.9 Å². The van der Waals surface area contributed by atoms with Crippen molar-refractivity contribution in [3.05, 3.63) is 78.2 Å². The molecule has 3 saturated heterocycles. The number of halogens is 3. The van der Waals surface area contributed by atoms with Crippen LogP contribution in [-0.4, -0.2) is 105 Å². The van der Waals surface area contributed by atoms with Crippen LogP contribution >= 0.6 is 0 Å². The number of aromatic nitrogens is 4. The fourth-order valence-electron chi connectivity index (χ4n) is 7.70. The lowest BCUT2D eigenvalue weighted by Crippen LogP contribution is -2.57. The molecule has 1 spiro atoms. The summed E-state index contributed by atoms with van der Waals surface area (Å²) in [5.41, 5.74) is -2.40. The van der Waals surface area contributed by atoms with Crippen LogP contribution < -0.4 is 4.74 Å². The van der Waals surface area contributed by atoms with Crippen LogP contribution in [0.25, 0.3) is 11.4 Å². The fraction of sp³-hybridized carbons (Fsp3) is 0.462. The first-order chi connectivity index (χ1) is 27.7. The summed E-state index contributed by atoms with van der Waals surface area (Å²) >= 11 is 0. The van der Waals surface area contributed by atoms with Crippen molar-refractivity contribution in [2.45, 2.75) is 69.1 Å². The maximum atomic E-state index is 14.5. The zero-order valence-corrected chi connectivity index (χ0v) is 32.7. The smallest absolute Gasteiger partial charge is 0.420 e. The Hall–Kier alpha value is -5.43. The lowest BCUT2D eigenvalue weighted by atomic mass is 9.85. The number of amides is 4. The lowest BCUT2D eigenvalue weighted by molar-refractivity contribution is -0.138. The summed E-state index contributed by atoms with van der Waals surface area (Å²) in [7, 11) is -3.88. The maximum absolute atomic E-state index is 14.5. The molecule has 0 unspecified atom stereocenters. The third kappa shape index (κ3) is 8.41. The predicted octanol–water partition coefficient (Wildman–Crippen LogP) is 6.02. The molecule has 3 aliphatic heterocycles. The summed E-state index contributed by atoms with van der Waals surface area (Å²) in [6.45, 7) is 4.88. The second-order valence-electron chi connectivity index (χ2n) is 15.0. The normalized spacial score (nSPS) is 17.8. The molecule has 0 bridgehead atoms. The van der Waals surface area contributed by atoms with Crippen molar-refractivity contribution >= 4 is 27.7 Å². The van der Waals surface area contributed by atoms with Gasteiger partial charge in [-0.15, -0.1) is 0 Å². The minimum Gasteiger partial charge on any atom is -0.455 e. The number of sulfone groups is 1. The van der Waals surface area contributed by atoms with Gasteiger partial charge in [0.1, 0.15) is 34.2 Å². The Morgan fingerprint density at radius 2 is 1.78 bits per heavy atom. The number of piperidine rings is 1. The second-order valence-corrected chi connectivity index (χ2v) is 17.0. The van der Waals surface area contributed by atoms with Crippen LogP contribution in [0, 0.1) is 11.8 Å². The lowest BCUT2D eigenvalue weighted by Gasteiger charge is -2.42. The topological polar surface area (TPSA) is 178 Å². The zero-order valence-electron chi connectivity index (χ0n) is 31.9. The summed E-state index contributed by atoms with van der Waals surface area (Å²) < 4.78 is 86.0. The number of alkyl halides is 3. The first-order valence-corrected chi connectivity index (χ1v) is 20.6. The largest absolute Gasteiger partial charge is 0.455 e. The van der Waals surface area contributed by atoms with E-state index in [1.54, 1.807) is 23.6 Å². The molecule has 2 aromatic carbocycles. The van der Waals surface area contributed by atoms with Crippen molar-refractivity contribution in [1.82, 2.24) is 34.8 Å². The van der Waals surface area contributed by atoms with E-state index in [-0.39, 0.29) is 77.1 Å². The van der Waals surface area contributed by atoms with Crippen molar-refractivity contribution in [2.75, 3.05) is 38.6 Å². The molecular weight excluding hydrogens is 784 g/mol. The van der Waals surface area contributed by atoms with E-state index in [2.05, 4.69) is 20.1 Å². The Labute approximate surface area is 332 Å². The number of ether oxygens (including phenoxy) is 2. The van der Waals surface area contributed by atoms with Crippen LogP contribution in [0.5, 0.6) is 11.5 Å².